The molecule has 22 heavy (non-hydrogen) atoms. The van der Waals surface area contributed by atoms with Crippen molar-refractivity contribution in [2.45, 2.75) is 24.8 Å². The van der Waals surface area contributed by atoms with Gasteiger partial charge in [-0.3, -0.25) is 0 Å². The monoisotopic (exact) mass is 290 g/mol. The summed E-state index contributed by atoms with van der Waals surface area (Å²) < 4.78 is 0. The maximum atomic E-state index is 9.24. The molecule has 1 aromatic carbocycles. The Balaban J connectivity index is 1.79. The summed E-state index contributed by atoms with van der Waals surface area (Å²) >= 11 is 0. The maximum Gasteiger partial charge on any atom is 0.137 e. The van der Waals surface area contributed by atoms with E-state index in [9.17, 15) is 10.5 Å². The lowest BCUT2D eigenvalue weighted by molar-refractivity contribution is 0.103. The quantitative estimate of drug-likeness (QED) is 0.878. The van der Waals surface area contributed by atoms with Gasteiger partial charge in [-0.25, -0.2) is 0 Å². The fourth-order valence-corrected chi connectivity index (χ4v) is 4.46. The Bertz CT molecular complexity index is 793. The van der Waals surface area contributed by atoms with E-state index in [2.05, 4.69) is 53.5 Å². The third-order valence-corrected chi connectivity index (χ3v) is 5.51. The van der Waals surface area contributed by atoms with Crippen LogP contribution in [-0.2, 0) is 6.42 Å². The molecule has 4 rings (SSSR count). The number of nitriles is 2. The molecule has 1 saturated heterocycles. The number of aromatic nitrogens is 1. The van der Waals surface area contributed by atoms with E-state index >= 15 is 0 Å². The van der Waals surface area contributed by atoms with Crippen LogP contribution in [-0.4, -0.2) is 29.5 Å². The number of piperidine rings is 1. The number of H-pyrrole nitrogens is 1. The zero-order chi connectivity index (χ0) is 15.3. The third kappa shape index (κ3) is 1.78. The first kappa shape index (κ1) is 13.4. The summed E-state index contributed by atoms with van der Waals surface area (Å²) in [5.41, 5.74) is 3.98. The Labute approximate surface area is 130 Å². The number of likely N-dealkylation sites (tertiary alicyclic amines) is 1. The van der Waals surface area contributed by atoms with Crippen molar-refractivity contribution in [1.29, 1.82) is 10.5 Å². The lowest BCUT2D eigenvalue weighted by Gasteiger charge is -2.45. The second kappa shape index (κ2) is 4.87. The van der Waals surface area contributed by atoms with Crippen molar-refractivity contribution in [1.82, 2.24) is 9.88 Å². The lowest BCUT2D eigenvalue weighted by atomic mass is 9.70. The third-order valence-electron chi connectivity index (χ3n) is 5.51. The minimum absolute atomic E-state index is 0.136. The van der Waals surface area contributed by atoms with Gasteiger partial charge in [0, 0.05) is 41.5 Å². The molecule has 4 heteroatoms. The van der Waals surface area contributed by atoms with Crippen molar-refractivity contribution in [3.05, 3.63) is 35.5 Å². The van der Waals surface area contributed by atoms with Gasteiger partial charge in [-0.2, -0.15) is 10.5 Å². The summed E-state index contributed by atoms with van der Waals surface area (Å²) in [6.45, 7) is 0.836. The van der Waals surface area contributed by atoms with Gasteiger partial charge in [0.2, 0.25) is 0 Å². The van der Waals surface area contributed by atoms with E-state index in [-0.39, 0.29) is 5.92 Å². The van der Waals surface area contributed by atoms with Gasteiger partial charge in [0.15, 0.2) is 0 Å². The molecule has 2 heterocycles. The number of likely N-dealkylation sites (N-methyl/N-ethyl adjacent to an activating group) is 1. The van der Waals surface area contributed by atoms with E-state index in [0.29, 0.717) is 12.0 Å². The van der Waals surface area contributed by atoms with Crippen LogP contribution in [0.15, 0.2) is 24.4 Å². The van der Waals surface area contributed by atoms with E-state index in [0.717, 1.165) is 19.4 Å². The largest absolute Gasteiger partial charge is 0.361 e. The van der Waals surface area contributed by atoms with Gasteiger partial charge in [-0.15, -0.1) is 0 Å². The maximum absolute atomic E-state index is 9.24. The van der Waals surface area contributed by atoms with E-state index in [4.69, 9.17) is 0 Å². The molecule has 0 spiro atoms. The highest BCUT2D eigenvalue weighted by atomic mass is 15.1. The van der Waals surface area contributed by atoms with Crippen LogP contribution in [0, 0.1) is 34.5 Å². The highest BCUT2D eigenvalue weighted by Crippen LogP contribution is 2.45. The first-order valence-corrected chi connectivity index (χ1v) is 7.81. The Morgan fingerprint density at radius 2 is 2.14 bits per heavy atom. The first-order valence-electron chi connectivity index (χ1n) is 7.81. The van der Waals surface area contributed by atoms with Gasteiger partial charge >= 0.3 is 0 Å². The Morgan fingerprint density at radius 1 is 1.32 bits per heavy atom. The highest BCUT2D eigenvalue weighted by Gasteiger charge is 2.41. The second-order valence-corrected chi connectivity index (χ2v) is 6.63. The van der Waals surface area contributed by atoms with Crippen molar-refractivity contribution < 1.29 is 0 Å². The van der Waals surface area contributed by atoms with E-state index in [1.807, 2.05) is 0 Å². The van der Waals surface area contributed by atoms with Crippen molar-refractivity contribution in [2.24, 2.45) is 11.8 Å². The number of rotatable bonds is 1. The van der Waals surface area contributed by atoms with E-state index in [1.165, 1.54) is 22.0 Å². The average Bonchev–Trinajstić information content (AvgIpc) is 2.94. The molecule has 0 amide bonds. The number of aromatic amines is 1. The first-order chi connectivity index (χ1) is 10.7. The Morgan fingerprint density at radius 3 is 2.91 bits per heavy atom. The average molecular weight is 290 g/mol. The number of nitrogens with one attached hydrogen (secondary N) is 1. The van der Waals surface area contributed by atoms with Gasteiger partial charge < -0.3 is 9.88 Å². The van der Waals surface area contributed by atoms with E-state index in [1.54, 1.807) is 0 Å². The zero-order valence-corrected chi connectivity index (χ0v) is 12.6. The van der Waals surface area contributed by atoms with Crippen LogP contribution >= 0.6 is 0 Å². The summed E-state index contributed by atoms with van der Waals surface area (Å²) in [6.07, 6.45) is 4.12. The molecule has 4 nitrogen and oxygen atoms in total. The minimum Gasteiger partial charge on any atom is -0.361 e. The normalized spacial score (nSPS) is 27.4. The van der Waals surface area contributed by atoms with Crippen LogP contribution < -0.4 is 0 Å². The molecule has 0 saturated carbocycles. The van der Waals surface area contributed by atoms with Crippen molar-refractivity contribution in [3.63, 3.8) is 0 Å². The molecule has 0 radical (unpaired) electrons. The van der Waals surface area contributed by atoms with Gasteiger partial charge in [0.1, 0.15) is 5.92 Å². The number of hydrogen-bond acceptors (Lipinski definition) is 3. The summed E-state index contributed by atoms with van der Waals surface area (Å²) in [7, 11) is 2.13. The molecule has 1 fully saturated rings. The SMILES string of the molecule is CN1C[C@H](C(C#N)C#N)C[C@@H]2c3cccc4[nH]cc(c34)C[C@H]21. The fraction of sp³-hybridized carbons (Fsp3) is 0.444. The highest BCUT2D eigenvalue weighted by molar-refractivity contribution is 5.88. The summed E-state index contributed by atoms with van der Waals surface area (Å²) in [4.78, 5) is 5.73. The number of nitrogens with zero attached hydrogens (tertiary/aromatic N) is 3. The van der Waals surface area contributed by atoms with Crippen molar-refractivity contribution >= 4 is 10.9 Å². The van der Waals surface area contributed by atoms with Gasteiger partial charge in [0.05, 0.1) is 12.1 Å². The number of benzene rings is 1. The summed E-state index contributed by atoms with van der Waals surface area (Å²) in [6, 6.07) is 11.3. The molecular formula is C18H18N4. The molecule has 1 aliphatic heterocycles. The van der Waals surface area contributed by atoms with Gasteiger partial charge in [0.25, 0.3) is 0 Å². The smallest absolute Gasteiger partial charge is 0.137 e. The molecule has 110 valence electrons. The van der Waals surface area contributed by atoms with Crippen LogP contribution in [0.2, 0.25) is 0 Å². The molecule has 1 aromatic heterocycles. The van der Waals surface area contributed by atoms with Crippen molar-refractivity contribution in [3.8, 4) is 12.1 Å². The van der Waals surface area contributed by atoms with Crippen LogP contribution in [0.4, 0.5) is 0 Å². The molecule has 2 aliphatic rings. The zero-order valence-electron chi connectivity index (χ0n) is 12.6. The van der Waals surface area contributed by atoms with E-state index < -0.39 is 5.92 Å². The standard InChI is InChI=1S/C18H18N4/c1-22-10-12(13(7-19)8-20)5-15-14-3-2-4-16-18(14)11(9-21-16)6-17(15)22/h2-4,9,12-13,15,17,21H,5-6,10H2,1H3/t12-,15-,17-/m1/s1. The van der Waals surface area contributed by atoms with Crippen LogP contribution in [0.1, 0.15) is 23.5 Å². The van der Waals surface area contributed by atoms with Crippen molar-refractivity contribution in [2.75, 3.05) is 13.6 Å². The minimum atomic E-state index is -0.504. The second-order valence-electron chi connectivity index (χ2n) is 6.63. The predicted molar refractivity (Wildman–Crippen MR) is 84.0 cm³/mol. The Kier molecular flexibility index (Phi) is 2.96. The lowest BCUT2D eigenvalue weighted by Crippen LogP contribution is -2.49. The summed E-state index contributed by atoms with van der Waals surface area (Å²) in [5.74, 6) is 0.0483. The summed E-state index contributed by atoms with van der Waals surface area (Å²) in [5, 5.41) is 19.8. The number of fused-ring (bicyclic) bond motifs is 2. The topological polar surface area (TPSA) is 66.6 Å². The van der Waals surface area contributed by atoms with Gasteiger partial charge in [-0.05, 0) is 37.1 Å². The molecule has 1 N–H and O–H groups in total. The number of hydrogen-bond donors (Lipinski definition) is 1. The molecular weight excluding hydrogens is 272 g/mol. The van der Waals surface area contributed by atoms with Crippen LogP contribution in [0.3, 0.4) is 0 Å². The molecule has 1 aliphatic carbocycles. The molecule has 2 aromatic rings. The van der Waals surface area contributed by atoms with Crippen LogP contribution in [0.25, 0.3) is 10.9 Å². The molecule has 0 bridgehead atoms. The van der Waals surface area contributed by atoms with Gasteiger partial charge in [-0.1, -0.05) is 12.1 Å². The Hall–Kier alpha value is -2.30. The van der Waals surface area contributed by atoms with Crippen LogP contribution in [0.5, 0.6) is 0 Å². The predicted octanol–water partition coefficient (Wildman–Crippen LogP) is 2.79. The molecule has 0 unspecified atom stereocenters. The fourth-order valence-electron chi connectivity index (χ4n) is 4.46. The molecule has 3 atom stereocenters.